The molecule has 2 aromatic rings. The Labute approximate surface area is 115 Å². The maximum Gasteiger partial charge on any atom is 0.187 e. The molecule has 0 unspecified atom stereocenters. The molecule has 20 heavy (non-hydrogen) atoms. The lowest BCUT2D eigenvalue weighted by molar-refractivity contribution is 0.0991. The number of hydrogen-bond acceptors (Lipinski definition) is 2. The van der Waals surface area contributed by atoms with Crippen molar-refractivity contribution in [2.24, 2.45) is 0 Å². The van der Waals surface area contributed by atoms with Gasteiger partial charge in [0.25, 0.3) is 0 Å². The molecule has 4 heteroatoms. The Morgan fingerprint density at radius 1 is 1.05 bits per heavy atom. The third kappa shape index (κ3) is 2.18. The molecule has 0 aromatic heterocycles. The molecule has 2 aromatic carbocycles. The highest BCUT2D eigenvalue weighted by Crippen LogP contribution is 2.27. The van der Waals surface area contributed by atoms with Crippen molar-refractivity contribution in [1.29, 1.82) is 0 Å². The van der Waals surface area contributed by atoms with Crippen molar-refractivity contribution in [3.63, 3.8) is 0 Å². The van der Waals surface area contributed by atoms with Crippen LogP contribution < -0.4 is 4.90 Å². The molecule has 0 fully saturated rings. The predicted octanol–water partition coefficient (Wildman–Crippen LogP) is 3.21. The number of para-hydroxylation sites is 1. The molecule has 0 amide bonds. The molecule has 0 atom stereocenters. The fourth-order valence-corrected chi connectivity index (χ4v) is 2.59. The summed E-state index contributed by atoms with van der Waals surface area (Å²) in [6.45, 7) is 0.691. The third-order valence-corrected chi connectivity index (χ3v) is 3.56. The van der Waals surface area contributed by atoms with Gasteiger partial charge in [-0.25, -0.2) is 8.78 Å². The van der Waals surface area contributed by atoms with Gasteiger partial charge in [0.15, 0.2) is 5.78 Å². The first kappa shape index (κ1) is 12.8. The van der Waals surface area contributed by atoms with Gasteiger partial charge in [0.1, 0.15) is 11.6 Å². The van der Waals surface area contributed by atoms with E-state index in [2.05, 4.69) is 0 Å². The van der Waals surface area contributed by atoms with Gasteiger partial charge in [-0.3, -0.25) is 4.79 Å². The van der Waals surface area contributed by atoms with Crippen molar-refractivity contribution in [2.75, 3.05) is 18.0 Å². The van der Waals surface area contributed by atoms with Crippen LogP contribution >= 0.6 is 0 Å². The second kappa shape index (κ2) is 5.04. The van der Waals surface area contributed by atoms with Crippen LogP contribution in [-0.2, 0) is 6.42 Å². The van der Waals surface area contributed by atoms with E-state index >= 15 is 0 Å². The van der Waals surface area contributed by atoms with E-state index in [1.165, 1.54) is 6.07 Å². The zero-order valence-electron chi connectivity index (χ0n) is 10.8. The number of anilines is 1. The largest absolute Gasteiger partial charge is 0.363 e. The maximum atomic E-state index is 13.6. The van der Waals surface area contributed by atoms with Gasteiger partial charge in [0.05, 0.1) is 12.1 Å². The molecule has 0 N–H and O–H groups in total. The molecule has 102 valence electrons. The predicted molar refractivity (Wildman–Crippen MR) is 73.0 cm³/mol. The van der Waals surface area contributed by atoms with Crippen LogP contribution in [0.4, 0.5) is 14.5 Å². The topological polar surface area (TPSA) is 20.3 Å². The van der Waals surface area contributed by atoms with Crippen molar-refractivity contribution in [1.82, 2.24) is 0 Å². The quantitative estimate of drug-likeness (QED) is 0.800. The van der Waals surface area contributed by atoms with Crippen molar-refractivity contribution in [3.05, 3.63) is 65.2 Å². The molecular weight excluding hydrogens is 260 g/mol. The molecule has 3 rings (SSSR count). The van der Waals surface area contributed by atoms with Gasteiger partial charge in [0, 0.05) is 12.2 Å². The first-order chi connectivity index (χ1) is 9.66. The summed E-state index contributed by atoms with van der Waals surface area (Å²) in [5.41, 5.74) is 1.68. The number of carbonyl (C=O) groups is 1. The third-order valence-electron chi connectivity index (χ3n) is 3.56. The van der Waals surface area contributed by atoms with Crippen LogP contribution in [0.5, 0.6) is 0 Å². The van der Waals surface area contributed by atoms with E-state index in [4.69, 9.17) is 0 Å². The van der Waals surface area contributed by atoms with Crippen LogP contribution in [-0.4, -0.2) is 18.9 Å². The van der Waals surface area contributed by atoms with Crippen LogP contribution in [0, 0.1) is 11.6 Å². The maximum absolute atomic E-state index is 13.6. The van der Waals surface area contributed by atoms with Crippen LogP contribution in [0.3, 0.4) is 0 Å². The van der Waals surface area contributed by atoms with Crippen molar-refractivity contribution in [2.45, 2.75) is 6.42 Å². The van der Waals surface area contributed by atoms with Gasteiger partial charge in [-0.15, -0.1) is 0 Å². The van der Waals surface area contributed by atoms with E-state index in [9.17, 15) is 13.6 Å². The summed E-state index contributed by atoms with van der Waals surface area (Å²) in [5, 5.41) is 0. The molecule has 0 aliphatic carbocycles. The molecule has 1 heterocycles. The standard InChI is InChI=1S/C16H13F2NO/c17-12-5-3-6-13(18)16(12)15(20)10-19-9-8-11-4-1-2-7-14(11)19/h1-7H,8-10H2. The molecular formula is C16H13F2NO. The van der Waals surface area contributed by atoms with E-state index in [1.807, 2.05) is 29.2 Å². The zero-order valence-corrected chi connectivity index (χ0v) is 10.8. The first-order valence-electron chi connectivity index (χ1n) is 6.47. The monoisotopic (exact) mass is 273 g/mol. The highest BCUT2D eigenvalue weighted by molar-refractivity contribution is 6.00. The van der Waals surface area contributed by atoms with E-state index in [-0.39, 0.29) is 6.54 Å². The molecule has 0 saturated heterocycles. The number of fused-ring (bicyclic) bond motifs is 1. The van der Waals surface area contributed by atoms with Crippen molar-refractivity contribution < 1.29 is 13.6 Å². The number of benzene rings is 2. The van der Waals surface area contributed by atoms with Crippen LogP contribution in [0.1, 0.15) is 15.9 Å². The van der Waals surface area contributed by atoms with E-state index < -0.39 is 23.0 Å². The lowest BCUT2D eigenvalue weighted by Crippen LogP contribution is -2.29. The van der Waals surface area contributed by atoms with Crippen LogP contribution in [0.25, 0.3) is 0 Å². The summed E-state index contributed by atoms with van der Waals surface area (Å²) in [6, 6.07) is 11.2. The minimum absolute atomic E-state index is 0.00509. The number of ketones is 1. The molecule has 1 aliphatic rings. The van der Waals surface area contributed by atoms with E-state index in [0.717, 1.165) is 29.8 Å². The van der Waals surface area contributed by atoms with Crippen molar-refractivity contribution in [3.8, 4) is 0 Å². The Kier molecular flexibility index (Phi) is 3.22. The first-order valence-corrected chi connectivity index (χ1v) is 6.47. The summed E-state index contributed by atoms with van der Waals surface area (Å²) in [7, 11) is 0. The molecule has 2 nitrogen and oxygen atoms in total. The summed E-state index contributed by atoms with van der Waals surface area (Å²) in [4.78, 5) is 14.0. The number of nitrogens with zero attached hydrogens (tertiary/aromatic N) is 1. The van der Waals surface area contributed by atoms with Gasteiger partial charge in [0.2, 0.25) is 0 Å². The summed E-state index contributed by atoms with van der Waals surface area (Å²) >= 11 is 0. The fourth-order valence-electron chi connectivity index (χ4n) is 2.59. The highest BCUT2D eigenvalue weighted by Gasteiger charge is 2.24. The lowest BCUT2D eigenvalue weighted by atomic mass is 10.1. The summed E-state index contributed by atoms with van der Waals surface area (Å²) in [6.07, 6.45) is 0.850. The zero-order chi connectivity index (χ0) is 14.1. The van der Waals surface area contributed by atoms with Gasteiger partial charge in [-0.05, 0) is 30.2 Å². The summed E-state index contributed by atoms with van der Waals surface area (Å²) < 4.78 is 27.2. The number of Topliss-reactive ketones (excluding diaryl/α,β-unsaturated/α-hetero) is 1. The Hall–Kier alpha value is -2.23. The fraction of sp³-hybridized carbons (Fsp3) is 0.188. The van der Waals surface area contributed by atoms with Gasteiger partial charge >= 0.3 is 0 Å². The van der Waals surface area contributed by atoms with Crippen LogP contribution in [0.15, 0.2) is 42.5 Å². The molecule has 0 saturated carbocycles. The number of halogens is 2. The Morgan fingerprint density at radius 3 is 2.50 bits per heavy atom. The Bertz CT molecular complexity index is 649. The average molecular weight is 273 g/mol. The molecule has 1 aliphatic heterocycles. The van der Waals surface area contributed by atoms with Gasteiger partial charge < -0.3 is 4.90 Å². The average Bonchev–Trinajstić information content (AvgIpc) is 2.82. The van der Waals surface area contributed by atoms with E-state index in [1.54, 1.807) is 0 Å². The van der Waals surface area contributed by atoms with Gasteiger partial charge in [-0.2, -0.15) is 0 Å². The molecule has 0 bridgehead atoms. The Balaban J connectivity index is 1.85. The van der Waals surface area contributed by atoms with Crippen molar-refractivity contribution >= 4 is 11.5 Å². The van der Waals surface area contributed by atoms with Crippen LogP contribution in [0.2, 0.25) is 0 Å². The minimum atomic E-state index is -0.803. The molecule has 0 spiro atoms. The minimum Gasteiger partial charge on any atom is -0.363 e. The second-order valence-corrected chi connectivity index (χ2v) is 4.82. The van der Waals surface area contributed by atoms with Gasteiger partial charge in [-0.1, -0.05) is 24.3 Å². The number of hydrogen-bond donors (Lipinski definition) is 0. The Morgan fingerprint density at radius 2 is 1.75 bits per heavy atom. The lowest BCUT2D eigenvalue weighted by Gasteiger charge is -2.18. The number of rotatable bonds is 3. The van der Waals surface area contributed by atoms with E-state index in [0.29, 0.717) is 6.54 Å². The second-order valence-electron chi connectivity index (χ2n) is 4.82. The summed E-state index contributed by atoms with van der Waals surface area (Å²) in [5.74, 6) is -2.14. The SMILES string of the molecule is O=C(CN1CCc2ccccc21)c1c(F)cccc1F. The molecule has 0 radical (unpaired) electrons. The smallest absolute Gasteiger partial charge is 0.187 e. The normalized spacial score (nSPS) is 13.4. The highest BCUT2D eigenvalue weighted by atomic mass is 19.1. The number of carbonyl (C=O) groups excluding carboxylic acids is 1.